The van der Waals surface area contributed by atoms with Crippen molar-refractivity contribution in [1.29, 1.82) is 0 Å². The molecule has 0 aliphatic carbocycles. The molecule has 122 valence electrons. The number of nitrogens with one attached hydrogen (secondary N) is 1. The van der Waals surface area contributed by atoms with E-state index in [1.807, 2.05) is 49.4 Å². The number of carbonyl (C=O) groups excluding carboxylic acids is 1. The van der Waals surface area contributed by atoms with Crippen LogP contribution in [-0.4, -0.2) is 21.1 Å². The Labute approximate surface area is 140 Å². The van der Waals surface area contributed by atoms with Crippen LogP contribution in [0.1, 0.15) is 23.6 Å². The molecule has 0 fully saturated rings. The average Bonchev–Trinajstić information content (AvgIpc) is 3.09. The molecular weight excluding hydrogens is 304 g/mol. The smallest absolute Gasteiger partial charge is 0.247 e. The predicted molar refractivity (Wildman–Crippen MR) is 88.9 cm³/mol. The van der Waals surface area contributed by atoms with Gasteiger partial charge in [0.05, 0.1) is 12.2 Å². The van der Waals surface area contributed by atoms with Crippen molar-refractivity contribution in [2.24, 2.45) is 0 Å². The zero-order chi connectivity index (χ0) is 16.8. The summed E-state index contributed by atoms with van der Waals surface area (Å²) in [5.41, 5.74) is 2.87. The van der Waals surface area contributed by atoms with Crippen LogP contribution in [0.25, 0.3) is 11.5 Å². The Morgan fingerprint density at radius 2 is 1.96 bits per heavy atom. The highest BCUT2D eigenvalue weighted by Gasteiger charge is 2.10. The monoisotopic (exact) mass is 322 g/mol. The molecule has 0 saturated heterocycles. The lowest BCUT2D eigenvalue weighted by atomic mass is 10.1. The Balaban J connectivity index is 1.50. The summed E-state index contributed by atoms with van der Waals surface area (Å²) in [7, 11) is 0. The van der Waals surface area contributed by atoms with Gasteiger partial charge in [-0.3, -0.25) is 9.78 Å². The summed E-state index contributed by atoms with van der Waals surface area (Å²) in [5, 5.41) is 10.8. The summed E-state index contributed by atoms with van der Waals surface area (Å²) in [6, 6.07) is 13.4. The van der Waals surface area contributed by atoms with E-state index in [4.69, 9.17) is 4.42 Å². The molecule has 0 aliphatic heterocycles. The maximum absolute atomic E-state index is 11.9. The molecule has 6 heteroatoms. The molecule has 2 aromatic heterocycles. The van der Waals surface area contributed by atoms with Crippen molar-refractivity contribution in [1.82, 2.24) is 20.5 Å². The minimum absolute atomic E-state index is 0.0734. The quantitative estimate of drug-likeness (QED) is 0.754. The van der Waals surface area contributed by atoms with E-state index in [0.29, 0.717) is 31.2 Å². The number of benzene rings is 1. The van der Waals surface area contributed by atoms with Crippen molar-refractivity contribution >= 4 is 5.91 Å². The van der Waals surface area contributed by atoms with Gasteiger partial charge in [-0.2, -0.15) is 0 Å². The number of rotatable bonds is 6. The first-order valence-electron chi connectivity index (χ1n) is 7.77. The van der Waals surface area contributed by atoms with E-state index in [0.717, 1.165) is 11.3 Å². The Bertz CT molecular complexity index is 797. The van der Waals surface area contributed by atoms with Crippen LogP contribution in [0.2, 0.25) is 0 Å². The van der Waals surface area contributed by atoms with Gasteiger partial charge in [-0.1, -0.05) is 23.8 Å². The minimum Gasteiger partial charge on any atom is -0.421 e. The SMILES string of the molecule is Cc1ccc(-c2nnc(CCC(=O)NCc3ccccn3)o2)cc1. The van der Waals surface area contributed by atoms with Crippen molar-refractivity contribution in [2.45, 2.75) is 26.3 Å². The van der Waals surface area contributed by atoms with Gasteiger partial charge < -0.3 is 9.73 Å². The summed E-state index contributed by atoms with van der Waals surface area (Å²) in [4.78, 5) is 16.0. The Morgan fingerprint density at radius 3 is 2.71 bits per heavy atom. The fourth-order valence-corrected chi connectivity index (χ4v) is 2.17. The average molecular weight is 322 g/mol. The van der Waals surface area contributed by atoms with Crippen molar-refractivity contribution in [3.05, 3.63) is 65.8 Å². The molecule has 0 saturated carbocycles. The predicted octanol–water partition coefficient (Wildman–Crippen LogP) is 2.69. The van der Waals surface area contributed by atoms with E-state index in [9.17, 15) is 4.79 Å². The number of aryl methyl sites for hydroxylation is 2. The lowest BCUT2D eigenvalue weighted by molar-refractivity contribution is -0.121. The van der Waals surface area contributed by atoms with E-state index in [2.05, 4.69) is 20.5 Å². The third-order valence-corrected chi connectivity index (χ3v) is 3.52. The number of aromatic nitrogens is 3. The van der Waals surface area contributed by atoms with Crippen molar-refractivity contribution in [2.75, 3.05) is 0 Å². The lowest BCUT2D eigenvalue weighted by Crippen LogP contribution is -2.23. The van der Waals surface area contributed by atoms with Crippen LogP contribution in [0.15, 0.2) is 53.1 Å². The number of nitrogens with zero attached hydrogens (tertiary/aromatic N) is 3. The molecule has 3 aromatic rings. The molecule has 0 atom stereocenters. The largest absolute Gasteiger partial charge is 0.421 e. The maximum atomic E-state index is 11.9. The molecule has 0 radical (unpaired) electrons. The molecule has 0 bridgehead atoms. The van der Waals surface area contributed by atoms with Gasteiger partial charge in [-0.05, 0) is 31.2 Å². The number of carbonyl (C=O) groups is 1. The van der Waals surface area contributed by atoms with E-state index in [1.165, 1.54) is 5.56 Å². The van der Waals surface area contributed by atoms with Gasteiger partial charge in [0, 0.05) is 24.6 Å². The van der Waals surface area contributed by atoms with Crippen LogP contribution in [0, 0.1) is 6.92 Å². The van der Waals surface area contributed by atoms with Gasteiger partial charge in [0.1, 0.15) is 0 Å². The van der Waals surface area contributed by atoms with Crippen LogP contribution in [-0.2, 0) is 17.8 Å². The molecule has 3 rings (SSSR count). The first-order chi connectivity index (χ1) is 11.7. The fourth-order valence-electron chi connectivity index (χ4n) is 2.17. The summed E-state index contributed by atoms with van der Waals surface area (Å²) in [5.74, 6) is 0.855. The summed E-state index contributed by atoms with van der Waals surface area (Å²) in [6.07, 6.45) is 2.40. The fraction of sp³-hybridized carbons (Fsp3) is 0.222. The Morgan fingerprint density at radius 1 is 1.12 bits per heavy atom. The highest BCUT2D eigenvalue weighted by atomic mass is 16.4. The Hall–Kier alpha value is -3.02. The number of pyridine rings is 1. The standard InChI is InChI=1S/C18H18N4O2/c1-13-5-7-14(8-6-13)18-22-21-17(24-18)10-9-16(23)20-12-15-4-2-3-11-19-15/h2-8,11H,9-10,12H2,1H3,(H,20,23). The Kier molecular flexibility index (Phi) is 4.96. The number of hydrogen-bond acceptors (Lipinski definition) is 5. The second-order valence-corrected chi connectivity index (χ2v) is 5.46. The van der Waals surface area contributed by atoms with Gasteiger partial charge >= 0.3 is 0 Å². The van der Waals surface area contributed by atoms with Gasteiger partial charge in [0.25, 0.3) is 0 Å². The van der Waals surface area contributed by atoms with Crippen molar-refractivity contribution in [3.8, 4) is 11.5 Å². The normalized spacial score (nSPS) is 10.5. The summed E-state index contributed by atoms with van der Waals surface area (Å²) >= 11 is 0. The second-order valence-electron chi connectivity index (χ2n) is 5.46. The van der Waals surface area contributed by atoms with Crippen LogP contribution in [0.5, 0.6) is 0 Å². The second kappa shape index (κ2) is 7.50. The van der Waals surface area contributed by atoms with E-state index >= 15 is 0 Å². The van der Waals surface area contributed by atoms with Gasteiger partial charge in [0.15, 0.2) is 0 Å². The molecule has 24 heavy (non-hydrogen) atoms. The van der Waals surface area contributed by atoms with Crippen LogP contribution >= 0.6 is 0 Å². The van der Waals surface area contributed by atoms with Crippen LogP contribution < -0.4 is 5.32 Å². The highest BCUT2D eigenvalue weighted by molar-refractivity contribution is 5.75. The first kappa shape index (κ1) is 15.9. The zero-order valence-electron chi connectivity index (χ0n) is 13.4. The third kappa shape index (κ3) is 4.25. The van der Waals surface area contributed by atoms with Crippen molar-refractivity contribution in [3.63, 3.8) is 0 Å². The molecule has 2 heterocycles. The molecule has 1 amide bonds. The molecule has 6 nitrogen and oxygen atoms in total. The molecule has 0 spiro atoms. The van der Waals surface area contributed by atoms with E-state index in [1.54, 1.807) is 6.20 Å². The van der Waals surface area contributed by atoms with Gasteiger partial charge in [0.2, 0.25) is 17.7 Å². The topological polar surface area (TPSA) is 80.9 Å². The van der Waals surface area contributed by atoms with Gasteiger partial charge in [-0.15, -0.1) is 10.2 Å². The van der Waals surface area contributed by atoms with Gasteiger partial charge in [-0.25, -0.2) is 0 Å². The number of hydrogen-bond donors (Lipinski definition) is 1. The molecule has 1 N–H and O–H groups in total. The summed E-state index contributed by atoms with van der Waals surface area (Å²) < 4.78 is 5.61. The van der Waals surface area contributed by atoms with Crippen molar-refractivity contribution < 1.29 is 9.21 Å². The highest BCUT2D eigenvalue weighted by Crippen LogP contribution is 2.18. The number of amides is 1. The summed E-state index contributed by atoms with van der Waals surface area (Å²) in [6.45, 7) is 2.44. The zero-order valence-corrected chi connectivity index (χ0v) is 13.4. The van der Waals surface area contributed by atoms with Crippen LogP contribution in [0.3, 0.4) is 0 Å². The third-order valence-electron chi connectivity index (χ3n) is 3.52. The molecular formula is C18H18N4O2. The lowest BCUT2D eigenvalue weighted by Gasteiger charge is -2.03. The maximum Gasteiger partial charge on any atom is 0.247 e. The minimum atomic E-state index is -0.0734. The molecule has 0 unspecified atom stereocenters. The molecule has 0 aliphatic rings. The van der Waals surface area contributed by atoms with Crippen LogP contribution in [0.4, 0.5) is 0 Å². The van der Waals surface area contributed by atoms with E-state index < -0.39 is 0 Å². The first-order valence-corrected chi connectivity index (χ1v) is 7.77. The van der Waals surface area contributed by atoms with E-state index in [-0.39, 0.29) is 5.91 Å². The molecule has 1 aromatic carbocycles.